The lowest BCUT2D eigenvalue weighted by atomic mass is 10.1. The summed E-state index contributed by atoms with van der Waals surface area (Å²) in [6.45, 7) is 18.3. The van der Waals surface area contributed by atoms with E-state index in [1.165, 1.54) is 19.6 Å². The number of benzene rings is 2. The highest BCUT2D eigenvalue weighted by molar-refractivity contribution is 7.88. The number of nitrogens with zero attached hydrogens (tertiary/aromatic N) is 2. The Kier molecular flexibility index (Phi) is 12.4. The third-order valence-corrected chi connectivity index (χ3v) is 7.64. The molecule has 37 heavy (non-hydrogen) atoms. The Labute approximate surface area is 214 Å². The molecule has 1 fully saturated rings. The van der Waals surface area contributed by atoms with Crippen LogP contribution in [0.1, 0.15) is 23.3 Å². The van der Waals surface area contributed by atoms with Gasteiger partial charge in [-0.25, -0.2) is 9.69 Å². The van der Waals surface area contributed by atoms with Crippen molar-refractivity contribution in [3.05, 3.63) is 82.5 Å². The maximum Gasteiger partial charge on any atom is 0.522 e. The minimum absolute atomic E-state index is 0.00157. The second-order valence-corrected chi connectivity index (χ2v) is 14.6. The predicted octanol–water partition coefficient (Wildman–Crippen LogP) is 5.23. The monoisotopic (exact) mass is 560 g/mol. The Bertz CT molecular complexity index is 1200. The van der Waals surface area contributed by atoms with Crippen molar-refractivity contribution >= 4 is 29.8 Å². The number of aliphatic hydroxyl groups is 2. The Morgan fingerprint density at radius 3 is 2.11 bits per heavy atom. The molecule has 0 aliphatic carbocycles. The molecular formula is C23H27F3N2O7SSi. The Balaban J connectivity index is 0.000000278. The maximum atomic E-state index is 11.7. The molecule has 202 valence electrons. The van der Waals surface area contributed by atoms with Crippen molar-refractivity contribution in [2.45, 2.75) is 37.4 Å². The van der Waals surface area contributed by atoms with Crippen molar-refractivity contribution in [2.24, 2.45) is 0 Å². The minimum Gasteiger partial charge on any atom is -0.393 e. The van der Waals surface area contributed by atoms with E-state index >= 15 is 0 Å². The van der Waals surface area contributed by atoms with Crippen LogP contribution in [0.5, 0.6) is 0 Å². The van der Waals surface area contributed by atoms with Crippen molar-refractivity contribution in [3.8, 4) is 0 Å². The van der Waals surface area contributed by atoms with E-state index in [2.05, 4.69) is 13.6 Å². The maximum absolute atomic E-state index is 11.7. The highest BCUT2D eigenvalue weighted by Gasteiger charge is 2.49. The molecule has 0 spiro atoms. The first-order valence-electron chi connectivity index (χ1n) is 10.6. The van der Waals surface area contributed by atoms with Gasteiger partial charge < -0.3 is 23.6 Å². The third kappa shape index (κ3) is 11.4. The molecule has 9 nitrogen and oxygen atoms in total. The van der Waals surface area contributed by atoms with Gasteiger partial charge in [0.2, 0.25) is 8.32 Å². The molecule has 1 aliphatic rings. The Morgan fingerprint density at radius 2 is 1.68 bits per heavy atom. The summed E-state index contributed by atoms with van der Waals surface area (Å²) in [4.78, 5) is 6.56. The van der Waals surface area contributed by atoms with Crippen molar-refractivity contribution in [2.75, 3.05) is 20.0 Å². The standard InChI is InChI=1S/C10H9NO2.C9H9NO2.C4H9F3O3SSi/c1-11-9-4-2-3-8(5-9)10-6-12-7-13-10;1-10-8-4-2-3-7(5-8)9(12)6-11;1-12(2,3)10-11(8,9)4(5,6)7/h2-5,10H,6-7H2;2-5,9,11-12H,6H2;1-3H3. The zero-order valence-corrected chi connectivity index (χ0v) is 22.1. The molecule has 1 saturated heterocycles. The van der Waals surface area contributed by atoms with E-state index in [0.29, 0.717) is 30.3 Å². The molecule has 2 N–H and O–H groups in total. The topological polar surface area (TPSA) is 111 Å². The zero-order chi connectivity index (χ0) is 28.3. The molecule has 0 bridgehead atoms. The molecule has 0 saturated carbocycles. The second-order valence-electron chi connectivity index (χ2n) is 8.35. The highest BCUT2D eigenvalue weighted by Crippen LogP contribution is 2.27. The number of halogens is 3. The molecule has 2 unspecified atom stereocenters. The van der Waals surface area contributed by atoms with Crippen LogP contribution in [0, 0.1) is 13.1 Å². The lowest BCUT2D eigenvalue weighted by molar-refractivity contribution is -0.0503. The van der Waals surface area contributed by atoms with Gasteiger partial charge in [-0.15, -0.1) is 0 Å². The van der Waals surface area contributed by atoms with E-state index in [9.17, 15) is 26.7 Å². The van der Waals surface area contributed by atoms with E-state index in [4.69, 9.17) is 27.7 Å². The van der Waals surface area contributed by atoms with Gasteiger partial charge in [0.05, 0.1) is 26.4 Å². The highest BCUT2D eigenvalue weighted by atomic mass is 32.2. The number of alkyl halides is 3. The minimum atomic E-state index is -5.39. The number of aliphatic hydroxyl groups excluding tert-OH is 2. The van der Waals surface area contributed by atoms with Crippen LogP contribution in [-0.4, -0.2) is 52.5 Å². The fraction of sp³-hybridized carbons (Fsp3) is 0.391. The molecule has 2 aromatic carbocycles. The summed E-state index contributed by atoms with van der Waals surface area (Å²) >= 11 is 0. The van der Waals surface area contributed by atoms with Gasteiger partial charge in [0.15, 0.2) is 11.4 Å². The first-order valence-corrected chi connectivity index (χ1v) is 15.4. The van der Waals surface area contributed by atoms with Crippen LogP contribution in [0.4, 0.5) is 24.5 Å². The summed E-state index contributed by atoms with van der Waals surface area (Å²) in [6, 6.07) is 14.0. The van der Waals surface area contributed by atoms with Gasteiger partial charge >= 0.3 is 15.6 Å². The fourth-order valence-corrected chi connectivity index (χ4v) is 5.61. The van der Waals surface area contributed by atoms with Crippen LogP contribution < -0.4 is 0 Å². The van der Waals surface area contributed by atoms with Crippen LogP contribution >= 0.6 is 0 Å². The quantitative estimate of drug-likeness (QED) is 0.293. The predicted molar refractivity (Wildman–Crippen MR) is 132 cm³/mol. The molecule has 0 radical (unpaired) electrons. The Morgan fingerprint density at radius 1 is 1.11 bits per heavy atom. The molecule has 0 aromatic heterocycles. The first-order chi connectivity index (χ1) is 17.1. The van der Waals surface area contributed by atoms with Crippen LogP contribution in [0.2, 0.25) is 19.6 Å². The summed E-state index contributed by atoms with van der Waals surface area (Å²) in [5.41, 5.74) is -2.60. The number of hydrogen-bond donors (Lipinski definition) is 2. The SMILES string of the molecule is C[Si](C)(C)OS(=O)(=O)C(F)(F)F.[C-]#[N+]c1cccc(C(O)CO)c1.[C-]#[N+]c1cccc(C2COCO2)c1. The summed E-state index contributed by atoms with van der Waals surface area (Å²) in [6.07, 6.45) is -0.881. The van der Waals surface area contributed by atoms with E-state index in [1.807, 2.05) is 18.2 Å². The average Bonchev–Trinajstić information content (AvgIpc) is 3.37. The van der Waals surface area contributed by atoms with Crippen LogP contribution in [0.25, 0.3) is 9.69 Å². The number of rotatable bonds is 5. The van der Waals surface area contributed by atoms with Crippen molar-refractivity contribution < 1.29 is 45.1 Å². The van der Waals surface area contributed by atoms with Crippen LogP contribution in [-0.2, 0) is 23.5 Å². The molecule has 2 aromatic rings. The normalized spacial score (nSPS) is 16.2. The van der Waals surface area contributed by atoms with Crippen LogP contribution in [0.15, 0.2) is 48.5 Å². The van der Waals surface area contributed by atoms with E-state index < -0.39 is 30.0 Å². The summed E-state index contributed by atoms with van der Waals surface area (Å²) < 4.78 is 70.1. The van der Waals surface area contributed by atoms with Crippen LogP contribution in [0.3, 0.4) is 0 Å². The van der Waals surface area contributed by atoms with Gasteiger partial charge in [-0.2, -0.15) is 21.6 Å². The largest absolute Gasteiger partial charge is 0.522 e. The molecule has 14 heteroatoms. The van der Waals surface area contributed by atoms with Crippen molar-refractivity contribution in [1.29, 1.82) is 0 Å². The molecular weight excluding hydrogens is 533 g/mol. The van der Waals surface area contributed by atoms with E-state index in [-0.39, 0.29) is 12.7 Å². The summed E-state index contributed by atoms with van der Waals surface area (Å²) in [5, 5.41) is 17.8. The smallest absolute Gasteiger partial charge is 0.393 e. The Hall–Kier alpha value is -2.82. The zero-order valence-electron chi connectivity index (χ0n) is 20.3. The fourth-order valence-electron chi connectivity index (χ4n) is 2.60. The van der Waals surface area contributed by atoms with Gasteiger partial charge in [-0.1, -0.05) is 48.5 Å². The first kappa shape index (κ1) is 32.2. The van der Waals surface area contributed by atoms with E-state index in [0.717, 1.165) is 5.56 Å². The molecule has 3 rings (SSSR count). The summed E-state index contributed by atoms with van der Waals surface area (Å²) in [5.74, 6) is 0. The van der Waals surface area contributed by atoms with E-state index in [1.54, 1.807) is 30.3 Å². The molecule has 2 atom stereocenters. The molecule has 0 amide bonds. The summed E-state index contributed by atoms with van der Waals surface area (Å²) in [7, 11) is -8.10. The van der Waals surface area contributed by atoms with Crippen molar-refractivity contribution in [3.63, 3.8) is 0 Å². The lowest BCUT2D eigenvalue weighted by Gasteiger charge is -2.17. The van der Waals surface area contributed by atoms with Gasteiger partial charge in [-0.05, 0) is 30.8 Å². The van der Waals surface area contributed by atoms with Crippen molar-refractivity contribution in [1.82, 2.24) is 0 Å². The van der Waals surface area contributed by atoms with Gasteiger partial charge in [0.1, 0.15) is 19.0 Å². The lowest BCUT2D eigenvalue weighted by Crippen LogP contribution is -2.36. The molecule has 1 heterocycles. The van der Waals surface area contributed by atoms with Gasteiger partial charge in [-0.3, -0.25) is 0 Å². The average molecular weight is 561 g/mol. The second kappa shape index (κ2) is 14.2. The van der Waals surface area contributed by atoms with Gasteiger partial charge in [0.25, 0.3) is 0 Å². The molecule has 1 aliphatic heterocycles. The number of hydrogen-bond acceptors (Lipinski definition) is 7. The third-order valence-electron chi connectivity index (χ3n) is 4.19. The van der Waals surface area contributed by atoms with Gasteiger partial charge in [0, 0.05) is 0 Å². The number of ether oxygens (including phenoxy) is 2.